The fourth-order valence-corrected chi connectivity index (χ4v) is 7.53. The maximum atomic E-state index is 13.5. The van der Waals surface area contributed by atoms with E-state index in [1.165, 1.54) is 17.7 Å². The quantitative estimate of drug-likeness (QED) is 0.208. The molecule has 13 heteroatoms. The van der Waals surface area contributed by atoms with E-state index in [-0.39, 0.29) is 24.9 Å². The monoisotopic (exact) mass is 661 g/mol. The van der Waals surface area contributed by atoms with Crippen LogP contribution >= 0.6 is 22.9 Å². The second-order valence-corrected chi connectivity index (χ2v) is 12.8. The van der Waals surface area contributed by atoms with Crippen LogP contribution in [0.5, 0.6) is 5.75 Å². The van der Waals surface area contributed by atoms with Crippen LogP contribution in [-0.2, 0) is 35.5 Å². The van der Waals surface area contributed by atoms with Crippen molar-refractivity contribution < 1.29 is 18.7 Å². The molecule has 2 aromatic carbocycles. The zero-order valence-electron chi connectivity index (χ0n) is 25.3. The fourth-order valence-electron chi connectivity index (χ4n) is 6.07. The van der Waals surface area contributed by atoms with E-state index in [1.54, 1.807) is 49.0 Å². The van der Waals surface area contributed by atoms with Gasteiger partial charge in [0, 0.05) is 61.7 Å². The van der Waals surface area contributed by atoms with Gasteiger partial charge in [0.1, 0.15) is 41.7 Å². The van der Waals surface area contributed by atoms with Crippen LogP contribution in [-0.4, -0.2) is 81.9 Å². The Morgan fingerprint density at radius 1 is 1.11 bits per heavy atom. The van der Waals surface area contributed by atoms with Crippen molar-refractivity contribution in [3.8, 4) is 16.2 Å². The van der Waals surface area contributed by atoms with Crippen LogP contribution < -0.4 is 10.1 Å². The molecular formula is C33H33ClFN7O3S. The summed E-state index contributed by atoms with van der Waals surface area (Å²) in [4.78, 5) is 28.6. The number of benzene rings is 2. The molecule has 0 spiro atoms. The van der Waals surface area contributed by atoms with Gasteiger partial charge >= 0.3 is 0 Å². The molecule has 1 saturated heterocycles. The Bertz CT molecular complexity index is 1890. The average molecular weight is 662 g/mol. The Labute approximate surface area is 274 Å². The molecule has 0 unspecified atom stereocenters. The molecule has 3 aromatic heterocycles. The van der Waals surface area contributed by atoms with Gasteiger partial charge in [0.05, 0.1) is 23.2 Å². The number of carbonyl (C=O) groups is 1. The summed E-state index contributed by atoms with van der Waals surface area (Å²) in [5, 5.41) is 9.49. The third kappa shape index (κ3) is 6.30. The highest BCUT2D eigenvalue weighted by Gasteiger charge is 2.29. The molecule has 1 aliphatic carbocycles. The zero-order valence-corrected chi connectivity index (χ0v) is 26.9. The number of methoxy groups -OCH3 is 1. The molecule has 7 rings (SSSR count). The van der Waals surface area contributed by atoms with Gasteiger partial charge in [-0.15, -0.1) is 11.3 Å². The average Bonchev–Trinajstić information content (AvgIpc) is 3.65. The number of hydrogen-bond acceptors (Lipinski definition) is 9. The highest BCUT2D eigenvalue weighted by molar-refractivity contribution is 7.22. The van der Waals surface area contributed by atoms with Gasteiger partial charge in [-0.3, -0.25) is 14.4 Å². The number of ether oxygens (including phenoxy) is 2. The Hall–Kier alpha value is -4.10. The summed E-state index contributed by atoms with van der Waals surface area (Å²) in [6.45, 7) is 5.19. The molecule has 46 heavy (non-hydrogen) atoms. The normalized spacial score (nSPS) is 14.7. The van der Waals surface area contributed by atoms with Crippen molar-refractivity contribution in [3.05, 3.63) is 82.6 Å². The van der Waals surface area contributed by atoms with Gasteiger partial charge in [-0.1, -0.05) is 23.7 Å². The van der Waals surface area contributed by atoms with Crippen LogP contribution in [0.25, 0.3) is 20.7 Å². The molecule has 1 fully saturated rings. The first kappa shape index (κ1) is 30.5. The van der Waals surface area contributed by atoms with Gasteiger partial charge in [-0.2, -0.15) is 5.10 Å². The van der Waals surface area contributed by atoms with E-state index in [2.05, 4.69) is 25.3 Å². The molecule has 238 valence electrons. The molecule has 4 heterocycles. The molecule has 1 N–H and O–H groups in total. The zero-order chi connectivity index (χ0) is 31.6. The van der Waals surface area contributed by atoms with Gasteiger partial charge in [-0.05, 0) is 54.3 Å². The van der Waals surface area contributed by atoms with Gasteiger partial charge in [0.2, 0.25) is 5.91 Å². The van der Waals surface area contributed by atoms with Crippen LogP contribution in [0.3, 0.4) is 0 Å². The lowest BCUT2D eigenvalue weighted by molar-refractivity contribution is -0.133. The minimum atomic E-state index is -0.308. The Morgan fingerprint density at radius 3 is 2.78 bits per heavy atom. The van der Waals surface area contributed by atoms with Crippen molar-refractivity contribution in [2.75, 3.05) is 51.8 Å². The Kier molecular flexibility index (Phi) is 8.85. The maximum Gasteiger partial charge on any atom is 0.244 e. The number of thiophene rings is 1. The number of aryl methyl sites for hydroxylation is 1. The molecule has 0 radical (unpaired) electrons. The molecule has 2 aliphatic rings. The summed E-state index contributed by atoms with van der Waals surface area (Å²) >= 11 is 8.18. The largest absolute Gasteiger partial charge is 0.487 e. The third-order valence-electron chi connectivity index (χ3n) is 8.49. The van der Waals surface area contributed by atoms with Crippen molar-refractivity contribution in [3.63, 3.8) is 0 Å². The number of nitrogens with zero attached hydrogens (tertiary/aromatic N) is 6. The van der Waals surface area contributed by atoms with Gasteiger partial charge in [-0.25, -0.2) is 14.4 Å². The lowest BCUT2D eigenvalue weighted by atomic mass is 9.95. The van der Waals surface area contributed by atoms with Crippen molar-refractivity contribution >= 4 is 50.6 Å². The van der Waals surface area contributed by atoms with Crippen molar-refractivity contribution in [2.45, 2.75) is 26.0 Å². The number of carbonyl (C=O) groups excluding carboxylic acids is 1. The molecule has 0 atom stereocenters. The minimum Gasteiger partial charge on any atom is -0.487 e. The van der Waals surface area contributed by atoms with E-state index in [0.717, 1.165) is 83.2 Å². The van der Waals surface area contributed by atoms with Crippen molar-refractivity contribution in [2.24, 2.45) is 0 Å². The van der Waals surface area contributed by atoms with Crippen LogP contribution in [0, 0.1) is 5.82 Å². The predicted octanol–water partition coefficient (Wildman–Crippen LogP) is 5.56. The number of hydrogen-bond donors (Lipinski definition) is 1. The van der Waals surface area contributed by atoms with E-state index in [4.69, 9.17) is 21.1 Å². The number of anilines is 2. The summed E-state index contributed by atoms with van der Waals surface area (Å²) in [6, 6.07) is 11.7. The first-order valence-electron chi connectivity index (χ1n) is 15.2. The van der Waals surface area contributed by atoms with E-state index < -0.39 is 0 Å². The number of aromatic nitrogens is 4. The Morgan fingerprint density at radius 2 is 1.98 bits per heavy atom. The smallest absolute Gasteiger partial charge is 0.244 e. The lowest BCUT2D eigenvalue weighted by Crippen LogP contribution is -2.50. The van der Waals surface area contributed by atoms with E-state index in [1.807, 2.05) is 21.8 Å². The van der Waals surface area contributed by atoms with Crippen LogP contribution in [0.1, 0.15) is 16.8 Å². The topological polar surface area (TPSA) is 97.6 Å². The number of rotatable bonds is 10. The van der Waals surface area contributed by atoms with Crippen LogP contribution in [0.15, 0.2) is 55.0 Å². The SMILES string of the molecule is COCCN1CCN(C(=O)Cn2ncc3c2CCc2c-3sc3ncnc(Nc4ccc(OCc5cccc(F)c5)c(Cl)c4)c23)CC1. The molecule has 1 aliphatic heterocycles. The Balaban J connectivity index is 1.06. The summed E-state index contributed by atoms with van der Waals surface area (Å²) in [5.74, 6) is 0.991. The van der Waals surface area contributed by atoms with Crippen molar-refractivity contribution in [1.82, 2.24) is 29.5 Å². The molecule has 0 bridgehead atoms. The summed E-state index contributed by atoms with van der Waals surface area (Å²) < 4.78 is 26.4. The standard InChI is InChI=1S/C33H33ClFN7O3S/c1-44-14-13-40-9-11-41(12-10-40)29(43)18-42-27-7-6-24-30-32(36-20-37-33(30)46-31(24)25(27)17-38-42)39-23-5-8-28(26(34)16-23)45-19-21-3-2-4-22(35)15-21/h2-5,8,15-17,20H,6-7,9-14,18-19H2,1H3,(H,36,37,39). The summed E-state index contributed by atoms with van der Waals surface area (Å²) in [5.41, 5.74) is 4.78. The molecule has 1 amide bonds. The van der Waals surface area contributed by atoms with Crippen molar-refractivity contribution in [1.29, 1.82) is 0 Å². The lowest BCUT2D eigenvalue weighted by Gasteiger charge is -2.34. The second kappa shape index (κ2) is 13.3. The number of piperazine rings is 1. The molecule has 5 aromatic rings. The number of amides is 1. The van der Waals surface area contributed by atoms with Crippen LogP contribution in [0.2, 0.25) is 5.02 Å². The van der Waals surface area contributed by atoms with E-state index in [9.17, 15) is 9.18 Å². The predicted molar refractivity (Wildman–Crippen MR) is 176 cm³/mol. The first-order chi connectivity index (χ1) is 22.5. The fraction of sp³-hybridized carbons (Fsp3) is 0.333. The van der Waals surface area contributed by atoms with Gasteiger partial charge < -0.3 is 19.7 Å². The number of fused-ring (bicyclic) bond motifs is 5. The number of nitrogens with one attached hydrogen (secondary N) is 1. The molecular weight excluding hydrogens is 629 g/mol. The highest BCUT2D eigenvalue weighted by Crippen LogP contribution is 2.45. The molecule has 10 nitrogen and oxygen atoms in total. The second-order valence-electron chi connectivity index (χ2n) is 11.4. The summed E-state index contributed by atoms with van der Waals surface area (Å²) in [6.07, 6.45) is 4.99. The van der Waals surface area contributed by atoms with Gasteiger partial charge in [0.25, 0.3) is 0 Å². The number of halogens is 2. The molecule has 0 saturated carbocycles. The van der Waals surface area contributed by atoms with Crippen LogP contribution in [0.4, 0.5) is 15.9 Å². The first-order valence-corrected chi connectivity index (χ1v) is 16.4. The minimum absolute atomic E-state index is 0.0980. The third-order valence-corrected chi connectivity index (χ3v) is 9.96. The maximum absolute atomic E-state index is 13.5. The van der Waals surface area contributed by atoms with Gasteiger partial charge in [0.15, 0.2) is 0 Å². The van der Waals surface area contributed by atoms with E-state index >= 15 is 0 Å². The van der Waals surface area contributed by atoms with E-state index in [0.29, 0.717) is 23.2 Å². The summed E-state index contributed by atoms with van der Waals surface area (Å²) in [7, 11) is 1.71. The highest BCUT2D eigenvalue weighted by atomic mass is 35.5.